The van der Waals surface area contributed by atoms with Crippen molar-refractivity contribution in [2.24, 2.45) is 0 Å². The SMILES string of the molecule is COC(C)(C)c1cnc(C(C)(C)C)o1. The molecule has 3 nitrogen and oxygen atoms in total. The van der Waals surface area contributed by atoms with E-state index in [9.17, 15) is 0 Å². The van der Waals surface area contributed by atoms with E-state index in [1.54, 1.807) is 13.3 Å². The minimum atomic E-state index is -0.406. The van der Waals surface area contributed by atoms with Gasteiger partial charge in [-0.1, -0.05) is 20.8 Å². The van der Waals surface area contributed by atoms with Gasteiger partial charge in [0.2, 0.25) is 0 Å². The van der Waals surface area contributed by atoms with Crippen LogP contribution in [-0.4, -0.2) is 12.1 Å². The zero-order chi connectivity index (χ0) is 11.0. The first-order chi connectivity index (χ1) is 6.27. The van der Waals surface area contributed by atoms with Crippen LogP contribution >= 0.6 is 0 Å². The van der Waals surface area contributed by atoms with Gasteiger partial charge in [0.15, 0.2) is 11.7 Å². The van der Waals surface area contributed by atoms with E-state index in [0.717, 1.165) is 11.7 Å². The van der Waals surface area contributed by atoms with E-state index in [-0.39, 0.29) is 5.41 Å². The molecule has 0 amide bonds. The molecule has 0 bridgehead atoms. The van der Waals surface area contributed by atoms with Crippen molar-refractivity contribution in [3.8, 4) is 0 Å². The Hall–Kier alpha value is -0.830. The number of oxazole rings is 1. The third-order valence-corrected chi connectivity index (χ3v) is 2.25. The van der Waals surface area contributed by atoms with Gasteiger partial charge in [0.25, 0.3) is 0 Å². The summed E-state index contributed by atoms with van der Waals surface area (Å²) in [4.78, 5) is 4.26. The molecule has 0 aliphatic rings. The number of aromatic nitrogens is 1. The summed E-state index contributed by atoms with van der Waals surface area (Å²) in [6.45, 7) is 10.1. The molecule has 14 heavy (non-hydrogen) atoms. The maximum absolute atomic E-state index is 5.67. The summed E-state index contributed by atoms with van der Waals surface area (Å²) in [7, 11) is 1.67. The topological polar surface area (TPSA) is 35.3 Å². The van der Waals surface area contributed by atoms with Crippen molar-refractivity contribution in [2.45, 2.75) is 45.6 Å². The minimum Gasteiger partial charge on any atom is -0.442 e. The lowest BCUT2D eigenvalue weighted by Gasteiger charge is -2.20. The predicted molar refractivity (Wildman–Crippen MR) is 55.2 cm³/mol. The van der Waals surface area contributed by atoms with E-state index in [1.165, 1.54) is 0 Å². The summed E-state index contributed by atoms with van der Waals surface area (Å²) in [5.74, 6) is 1.52. The largest absolute Gasteiger partial charge is 0.442 e. The van der Waals surface area contributed by atoms with Crippen molar-refractivity contribution < 1.29 is 9.15 Å². The Balaban J connectivity index is 3.00. The fourth-order valence-electron chi connectivity index (χ4n) is 1.000. The van der Waals surface area contributed by atoms with Crippen LogP contribution in [0.5, 0.6) is 0 Å². The molecule has 1 heterocycles. The molecule has 80 valence electrons. The van der Waals surface area contributed by atoms with Crippen LogP contribution in [0.4, 0.5) is 0 Å². The molecule has 0 saturated heterocycles. The summed E-state index contributed by atoms with van der Waals surface area (Å²) >= 11 is 0. The Morgan fingerprint density at radius 2 is 1.79 bits per heavy atom. The maximum Gasteiger partial charge on any atom is 0.199 e. The molecule has 1 rings (SSSR count). The van der Waals surface area contributed by atoms with Gasteiger partial charge in [-0.3, -0.25) is 0 Å². The van der Waals surface area contributed by atoms with Gasteiger partial charge < -0.3 is 9.15 Å². The highest BCUT2D eigenvalue weighted by atomic mass is 16.5. The van der Waals surface area contributed by atoms with Crippen molar-refractivity contribution in [1.29, 1.82) is 0 Å². The molecule has 0 fully saturated rings. The van der Waals surface area contributed by atoms with Crippen LogP contribution < -0.4 is 0 Å². The molecule has 1 aromatic rings. The van der Waals surface area contributed by atoms with E-state index >= 15 is 0 Å². The zero-order valence-electron chi connectivity index (χ0n) is 9.84. The van der Waals surface area contributed by atoms with Crippen LogP contribution in [-0.2, 0) is 15.8 Å². The quantitative estimate of drug-likeness (QED) is 0.731. The Labute approximate surface area is 85.5 Å². The molecule has 3 heteroatoms. The van der Waals surface area contributed by atoms with Gasteiger partial charge in [0.05, 0.1) is 6.20 Å². The average molecular weight is 197 g/mol. The Kier molecular flexibility index (Phi) is 2.72. The standard InChI is InChI=1S/C11H19NO2/c1-10(2,3)9-12-7-8(14-9)11(4,5)13-6/h7H,1-6H3. The van der Waals surface area contributed by atoms with E-state index < -0.39 is 5.60 Å². The lowest BCUT2D eigenvalue weighted by Crippen LogP contribution is -2.18. The first-order valence-corrected chi connectivity index (χ1v) is 4.79. The molecular formula is C11H19NO2. The number of methoxy groups -OCH3 is 1. The van der Waals surface area contributed by atoms with Crippen molar-refractivity contribution >= 4 is 0 Å². The molecule has 0 aromatic carbocycles. The van der Waals surface area contributed by atoms with E-state index in [0.29, 0.717) is 0 Å². The summed E-state index contributed by atoms with van der Waals surface area (Å²) < 4.78 is 11.0. The second-order valence-corrected chi connectivity index (χ2v) is 4.99. The Morgan fingerprint density at radius 1 is 1.21 bits per heavy atom. The number of hydrogen-bond donors (Lipinski definition) is 0. The van der Waals surface area contributed by atoms with Crippen LogP contribution in [0.3, 0.4) is 0 Å². The van der Waals surface area contributed by atoms with Crippen LogP contribution in [0.15, 0.2) is 10.6 Å². The van der Waals surface area contributed by atoms with Crippen LogP contribution in [0, 0.1) is 0 Å². The second-order valence-electron chi connectivity index (χ2n) is 4.99. The van der Waals surface area contributed by atoms with Crippen molar-refractivity contribution in [2.75, 3.05) is 7.11 Å². The van der Waals surface area contributed by atoms with Crippen molar-refractivity contribution in [1.82, 2.24) is 4.98 Å². The van der Waals surface area contributed by atoms with E-state index in [1.807, 2.05) is 13.8 Å². The average Bonchev–Trinajstić information content (AvgIpc) is 2.51. The maximum atomic E-state index is 5.67. The highest BCUT2D eigenvalue weighted by Gasteiger charge is 2.27. The van der Waals surface area contributed by atoms with Gasteiger partial charge in [0.1, 0.15) is 5.60 Å². The first kappa shape index (κ1) is 11.2. The summed E-state index contributed by atoms with van der Waals surface area (Å²) in [5.41, 5.74) is -0.460. The number of hydrogen-bond acceptors (Lipinski definition) is 3. The molecule has 0 aliphatic carbocycles. The molecule has 0 unspecified atom stereocenters. The van der Waals surface area contributed by atoms with Crippen molar-refractivity contribution in [3.05, 3.63) is 17.8 Å². The first-order valence-electron chi connectivity index (χ1n) is 4.79. The monoisotopic (exact) mass is 197 g/mol. The zero-order valence-corrected chi connectivity index (χ0v) is 9.84. The predicted octanol–water partition coefficient (Wildman–Crippen LogP) is 2.85. The summed E-state index contributed by atoms with van der Waals surface area (Å²) in [6.07, 6.45) is 1.74. The normalized spacial score (nSPS) is 13.3. The number of rotatable bonds is 2. The van der Waals surface area contributed by atoms with Crippen LogP contribution in [0.1, 0.15) is 46.3 Å². The molecular weight excluding hydrogens is 178 g/mol. The lowest BCUT2D eigenvalue weighted by atomic mass is 9.97. The molecule has 0 radical (unpaired) electrons. The molecule has 0 aliphatic heterocycles. The van der Waals surface area contributed by atoms with Crippen LogP contribution in [0.2, 0.25) is 0 Å². The molecule has 0 spiro atoms. The van der Waals surface area contributed by atoms with Gasteiger partial charge in [0, 0.05) is 12.5 Å². The molecule has 0 saturated carbocycles. The highest BCUT2D eigenvalue weighted by molar-refractivity contribution is 5.07. The number of ether oxygens (including phenoxy) is 1. The van der Waals surface area contributed by atoms with Gasteiger partial charge >= 0.3 is 0 Å². The smallest absolute Gasteiger partial charge is 0.199 e. The molecule has 1 aromatic heterocycles. The molecule has 0 atom stereocenters. The Morgan fingerprint density at radius 3 is 2.14 bits per heavy atom. The second kappa shape index (κ2) is 3.39. The number of nitrogens with zero attached hydrogens (tertiary/aromatic N) is 1. The lowest BCUT2D eigenvalue weighted by molar-refractivity contribution is -0.000584. The third-order valence-electron chi connectivity index (χ3n) is 2.25. The van der Waals surface area contributed by atoms with Gasteiger partial charge in [-0.2, -0.15) is 0 Å². The Bertz CT molecular complexity index is 307. The fraction of sp³-hybridized carbons (Fsp3) is 0.727. The van der Waals surface area contributed by atoms with Gasteiger partial charge in [-0.15, -0.1) is 0 Å². The highest BCUT2D eigenvalue weighted by Crippen LogP contribution is 2.28. The van der Waals surface area contributed by atoms with Crippen molar-refractivity contribution in [3.63, 3.8) is 0 Å². The summed E-state index contributed by atoms with van der Waals surface area (Å²) in [6, 6.07) is 0. The summed E-state index contributed by atoms with van der Waals surface area (Å²) in [5, 5.41) is 0. The fourth-order valence-corrected chi connectivity index (χ4v) is 1.000. The van der Waals surface area contributed by atoms with Gasteiger partial charge in [-0.05, 0) is 13.8 Å². The van der Waals surface area contributed by atoms with Gasteiger partial charge in [-0.25, -0.2) is 4.98 Å². The molecule has 0 N–H and O–H groups in total. The third kappa shape index (κ3) is 2.15. The van der Waals surface area contributed by atoms with Crippen LogP contribution in [0.25, 0.3) is 0 Å². The van der Waals surface area contributed by atoms with E-state index in [2.05, 4.69) is 25.8 Å². The minimum absolute atomic E-state index is 0.0535. The van der Waals surface area contributed by atoms with E-state index in [4.69, 9.17) is 9.15 Å².